The lowest BCUT2D eigenvalue weighted by Crippen LogP contribution is -2.33. The molecule has 2 heterocycles. The Balaban J connectivity index is 2.49. The molecule has 0 bridgehead atoms. The van der Waals surface area contributed by atoms with Gasteiger partial charge >= 0.3 is 0 Å². The van der Waals surface area contributed by atoms with Crippen LogP contribution in [0.25, 0.3) is 10.2 Å². The van der Waals surface area contributed by atoms with Crippen molar-refractivity contribution in [1.29, 1.82) is 0 Å². The van der Waals surface area contributed by atoms with Crippen LogP contribution in [0, 0.1) is 0 Å². The van der Waals surface area contributed by atoms with Crippen molar-refractivity contribution >= 4 is 33.3 Å². The second-order valence-corrected chi connectivity index (χ2v) is 6.22. The standard InChI is InChI=1S/C14H22N4S/c1-5-9-8-10-11(18-14(4,6-2)7-3)16-13(15)17-12(10)19-9/h8H,5-7H2,1-4H3,(H3,15,16,17,18). The number of rotatable bonds is 5. The van der Waals surface area contributed by atoms with Crippen LogP contribution in [0.3, 0.4) is 0 Å². The third kappa shape index (κ3) is 2.81. The van der Waals surface area contributed by atoms with Gasteiger partial charge in [0.2, 0.25) is 5.95 Å². The maximum atomic E-state index is 5.82. The molecular weight excluding hydrogens is 256 g/mol. The number of hydrogen-bond acceptors (Lipinski definition) is 5. The molecular formula is C14H22N4S. The van der Waals surface area contributed by atoms with Crippen LogP contribution in [0.2, 0.25) is 0 Å². The lowest BCUT2D eigenvalue weighted by molar-refractivity contribution is 0.477. The molecule has 0 aliphatic rings. The molecule has 0 unspecified atom stereocenters. The Bertz CT molecular complexity index is 572. The van der Waals surface area contributed by atoms with Gasteiger partial charge < -0.3 is 11.1 Å². The zero-order chi connectivity index (χ0) is 14.0. The van der Waals surface area contributed by atoms with Crippen LogP contribution >= 0.6 is 11.3 Å². The van der Waals surface area contributed by atoms with Gasteiger partial charge in [-0.1, -0.05) is 20.8 Å². The summed E-state index contributed by atoms with van der Waals surface area (Å²) in [7, 11) is 0. The Kier molecular flexibility index (Phi) is 3.94. The molecule has 0 amide bonds. The molecule has 2 aromatic heterocycles. The van der Waals surface area contributed by atoms with E-state index < -0.39 is 0 Å². The van der Waals surface area contributed by atoms with E-state index in [1.165, 1.54) is 4.88 Å². The van der Waals surface area contributed by atoms with Crippen molar-refractivity contribution in [2.24, 2.45) is 0 Å². The van der Waals surface area contributed by atoms with Crippen LogP contribution in [-0.4, -0.2) is 15.5 Å². The Morgan fingerprint density at radius 1 is 1.26 bits per heavy atom. The van der Waals surface area contributed by atoms with Crippen LogP contribution < -0.4 is 11.1 Å². The fraction of sp³-hybridized carbons (Fsp3) is 0.571. The smallest absolute Gasteiger partial charge is 0.223 e. The molecule has 0 aliphatic carbocycles. The number of thiophene rings is 1. The first-order valence-electron chi connectivity index (χ1n) is 6.85. The highest BCUT2D eigenvalue weighted by atomic mass is 32.1. The second kappa shape index (κ2) is 5.33. The fourth-order valence-electron chi connectivity index (χ4n) is 1.97. The first kappa shape index (κ1) is 14.1. The molecule has 0 aromatic carbocycles. The van der Waals surface area contributed by atoms with Crippen molar-refractivity contribution in [2.75, 3.05) is 11.1 Å². The second-order valence-electron chi connectivity index (χ2n) is 5.11. The number of aryl methyl sites for hydroxylation is 1. The average Bonchev–Trinajstić information content (AvgIpc) is 2.81. The van der Waals surface area contributed by atoms with Gasteiger partial charge in [-0.05, 0) is 32.3 Å². The van der Waals surface area contributed by atoms with Crippen molar-refractivity contribution < 1.29 is 0 Å². The summed E-state index contributed by atoms with van der Waals surface area (Å²) in [6.45, 7) is 8.73. The molecule has 0 saturated carbocycles. The summed E-state index contributed by atoms with van der Waals surface area (Å²) < 4.78 is 0. The minimum atomic E-state index is 0.0437. The molecule has 0 saturated heterocycles. The number of nitrogens with two attached hydrogens (primary N) is 1. The lowest BCUT2D eigenvalue weighted by atomic mass is 9.95. The van der Waals surface area contributed by atoms with E-state index in [0.29, 0.717) is 5.95 Å². The number of nitrogen functional groups attached to an aromatic ring is 1. The van der Waals surface area contributed by atoms with Gasteiger partial charge in [-0.2, -0.15) is 4.98 Å². The highest BCUT2D eigenvalue weighted by molar-refractivity contribution is 7.18. The van der Waals surface area contributed by atoms with E-state index in [2.05, 4.69) is 49.0 Å². The number of nitrogens with zero attached hydrogens (tertiary/aromatic N) is 2. The molecule has 0 radical (unpaired) electrons. The molecule has 2 rings (SSSR count). The topological polar surface area (TPSA) is 63.8 Å². The van der Waals surface area contributed by atoms with Crippen LogP contribution in [0.5, 0.6) is 0 Å². The van der Waals surface area contributed by atoms with Crippen molar-refractivity contribution in [3.05, 3.63) is 10.9 Å². The molecule has 3 N–H and O–H groups in total. The van der Waals surface area contributed by atoms with E-state index in [-0.39, 0.29) is 5.54 Å². The van der Waals surface area contributed by atoms with Crippen molar-refractivity contribution in [3.8, 4) is 0 Å². The number of fused-ring (bicyclic) bond motifs is 1. The SMILES string of the molecule is CCc1cc2c(NC(C)(CC)CC)nc(N)nc2s1. The summed E-state index contributed by atoms with van der Waals surface area (Å²) in [6.07, 6.45) is 3.10. The maximum Gasteiger partial charge on any atom is 0.223 e. The summed E-state index contributed by atoms with van der Waals surface area (Å²) >= 11 is 1.70. The van der Waals surface area contributed by atoms with E-state index in [0.717, 1.165) is 35.3 Å². The van der Waals surface area contributed by atoms with Gasteiger partial charge in [0, 0.05) is 10.4 Å². The number of aromatic nitrogens is 2. The van der Waals surface area contributed by atoms with Gasteiger partial charge in [-0.25, -0.2) is 4.98 Å². The fourth-order valence-corrected chi connectivity index (χ4v) is 2.94. The van der Waals surface area contributed by atoms with Gasteiger partial charge in [0.1, 0.15) is 10.6 Å². The molecule has 2 aromatic rings. The van der Waals surface area contributed by atoms with Crippen LogP contribution in [0.15, 0.2) is 6.07 Å². The first-order chi connectivity index (χ1) is 9.01. The summed E-state index contributed by atoms with van der Waals surface area (Å²) in [5.74, 6) is 1.21. The quantitative estimate of drug-likeness (QED) is 0.872. The maximum absolute atomic E-state index is 5.82. The molecule has 0 aliphatic heterocycles. The largest absolute Gasteiger partial charge is 0.368 e. The average molecular weight is 278 g/mol. The van der Waals surface area contributed by atoms with Gasteiger partial charge in [-0.3, -0.25) is 0 Å². The molecule has 19 heavy (non-hydrogen) atoms. The minimum absolute atomic E-state index is 0.0437. The summed E-state index contributed by atoms with van der Waals surface area (Å²) in [4.78, 5) is 11.0. The zero-order valence-corrected chi connectivity index (χ0v) is 12.9. The number of anilines is 2. The van der Waals surface area contributed by atoms with Gasteiger partial charge in [0.15, 0.2) is 0 Å². The number of hydrogen-bond donors (Lipinski definition) is 2. The highest BCUT2D eigenvalue weighted by Crippen LogP contribution is 2.32. The molecule has 5 heteroatoms. The molecule has 4 nitrogen and oxygen atoms in total. The Hall–Kier alpha value is -1.36. The van der Waals surface area contributed by atoms with E-state index in [1.54, 1.807) is 11.3 Å². The molecule has 104 valence electrons. The van der Waals surface area contributed by atoms with Gasteiger partial charge in [0.05, 0.1) is 5.39 Å². The predicted octanol–water partition coefficient (Wildman–Crippen LogP) is 3.83. The lowest BCUT2D eigenvalue weighted by Gasteiger charge is -2.29. The van der Waals surface area contributed by atoms with E-state index in [4.69, 9.17) is 5.73 Å². The van der Waals surface area contributed by atoms with Gasteiger partial charge in [0.25, 0.3) is 0 Å². The Morgan fingerprint density at radius 2 is 1.95 bits per heavy atom. The van der Waals surface area contributed by atoms with Crippen LogP contribution in [0.1, 0.15) is 45.4 Å². The molecule has 0 fully saturated rings. The molecule has 0 spiro atoms. The monoisotopic (exact) mass is 278 g/mol. The summed E-state index contributed by atoms with van der Waals surface area (Å²) in [6, 6.07) is 2.17. The normalized spacial score (nSPS) is 12.0. The number of nitrogens with one attached hydrogen (secondary N) is 1. The predicted molar refractivity (Wildman–Crippen MR) is 83.8 cm³/mol. The van der Waals surface area contributed by atoms with Gasteiger partial charge in [-0.15, -0.1) is 11.3 Å². The molecule has 0 atom stereocenters. The van der Waals surface area contributed by atoms with E-state index in [1.807, 2.05) is 0 Å². The third-order valence-electron chi connectivity index (χ3n) is 3.79. The third-order valence-corrected chi connectivity index (χ3v) is 4.96. The Labute approximate surface area is 118 Å². The van der Waals surface area contributed by atoms with E-state index in [9.17, 15) is 0 Å². The summed E-state index contributed by atoms with van der Waals surface area (Å²) in [5.41, 5.74) is 5.87. The first-order valence-corrected chi connectivity index (χ1v) is 7.67. The van der Waals surface area contributed by atoms with E-state index >= 15 is 0 Å². The van der Waals surface area contributed by atoms with Crippen molar-refractivity contribution in [3.63, 3.8) is 0 Å². The zero-order valence-electron chi connectivity index (χ0n) is 12.1. The summed E-state index contributed by atoms with van der Waals surface area (Å²) in [5, 5.41) is 4.64. The minimum Gasteiger partial charge on any atom is -0.368 e. The van der Waals surface area contributed by atoms with Crippen LogP contribution in [-0.2, 0) is 6.42 Å². The van der Waals surface area contributed by atoms with Crippen molar-refractivity contribution in [1.82, 2.24) is 9.97 Å². The highest BCUT2D eigenvalue weighted by Gasteiger charge is 2.21. The van der Waals surface area contributed by atoms with Crippen molar-refractivity contribution in [2.45, 2.75) is 52.5 Å². The Morgan fingerprint density at radius 3 is 2.53 bits per heavy atom. The van der Waals surface area contributed by atoms with Crippen LogP contribution in [0.4, 0.5) is 11.8 Å².